The fourth-order valence-corrected chi connectivity index (χ4v) is 16.7. The number of carbonyl (C=O) groups is 1. The van der Waals surface area contributed by atoms with Gasteiger partial charge in [0.1, 0.15) is 46.3 Å². The predicted molar refractivity (Wildman–Crippen MR) is 474 cm³/mol. The monoisotopic (exact) mass is 1950 g/mol. The fourth-order valence-electron chi connectivity index (χ4n) is 11.2. The molecule has 18 heterocycles. The van der Waals surface area contributed by atoms with Gasteiger partial charge in [-0.15, -0.1) is 65.7 Å². The molecular formula is C83H52Br4N25NaO5S4. The molecule has 0 aliphatic rings. The maximum Gasteiger partial charge on any atom is 1.00 e. The molecule has 0 aliphatic heterocycles. The van der Waals surface area contributed by atoms with Crippen molar-refractivity contribution < 1.29 is 54.0 Å². The maximum atomic E-state index is 12.2. The number of tetrazole rings is 2. The number of aromatic nitrogens is 20. The standard InChI is InChI=1S/C21H12BrN11S.C21H10BrN5S.C19H12BrN3O2S.C19H12BrN3S.C3H6O3.N3.Na/c22-19-8-7-18(34-19)11-9-16(12-3-1-5-14(23-12)20-26-30-31-27-20)25-17(10-11)13-4-2-6-15(24-13)21-28-32-33-29-21;22-21-8-7-20(28-21)13-9-18(16-5-1-3-14(11-23)25-16)27-19(10-13)17-6-2-4-15(12-24)26-17;20-19-8-7-18(26-19)13-11-14(16-5-1-3-9-22(16)24)21-15(12-13)17-6-2-4-10-23(17)25;20-19-8-7-18(24-19)13-11-16(14-5-1-3-9-21-14)23-17(12-13)15-6-2-4-10-22-15;1-2-3(4)6-5;1-3-2;/h1-10H,(H,26,27,30,31)(H,28,29,32,33);1-10H;1-12H;1-12H;5H,2H2,1H3;;/q;;;;;-1;+1. The third-order valence-electron chi connectivity index (χ3n) is 16.6. The summed E-state index contributed by atoms with van der Waals surface area (Å²) in [6.45, 7) is 1.60. The Morgan fingerprint density at radius 2 is 0.713 bits per heavy atom. The number of hydrogen-bond acceptors (Lipinski definition) is 27. The minimum atomic E-state index is -0.602. The Balaban J connectivity index is 0.000000144. The first kappa shape index (κ1) is 88.3. The van der Waals surface area contributed by atoms with Gasteiger partial charge in [-0.25, -0.2) is 44.7 Å². The van der Waals surface area contributed by atoms with E-state index in [0.717, 1.165) is 84.3 Å². The molecule has 3 N–H and O–H groups in total. The van der Waals surface area contributed by atoms with E-state index < -0.39 is 5.97 Å². The van der Waals surface area contributed by atoms with Crippen LogP contribution in [0.5, 0.6) is 0 Å². The van der Waals surface area contributed by atoms with Crippen molar-refractivity contribution in [3.05, 3.63) is 320 Å². The van der Waals surface area contributed by atoms with E-state index in [1.54, 1.807) is 125 Å². The second kappa shape index (κ2) is 43.3. The molecule has 18 aromatic rings. The van der Waals surface area contributed by atoms with E-state index in [-0.39, 0.29) is 36.0 Å². The SMILES string of the molecule is Brc1ccc(-c2cc(-c3cccc(-c4nn[nH]n4)n3)nc(-c3cccc(-c4nn[nH]n4)n3)c2)s1.Brc1ccc(-c2cc(-c3ccccn3)nc(-c3ccccn3)c2)s1.CCC(=O)OO.N#Cc1cccc(-c2cc(-c3ccc(Br)s3)cc(-c3cccc(C#N)n3)n2)n1.[N-]=[N+]=[N-].[Na+].[O-][n+]1ccccc1-c1cc(-c2ccc(Br)s2)cc(-c2cccc[n+]2[O-])n1. The van der Waals surface area contributed by atoms with Crippen molar-refractivity contribution in [2.75, 3.05) is 0 Å². The number of nitrogens with zero attached hydrogens (tertiary/aromatic N) is 23. The van der Waals surface area contributed by atoms with Gasteiger partial charge >= 0.3 is 35.5 Å². The fraction of sp³-hybridized carbons (Fsp3) is 0.0241. The average molecular weight is 1950 g/mol. The zero-order valence-corrected chi connectivity index (χ0v) is 74.7. The first-order valence-corrected chi connectivity index (χ1v) is 41.8. The van der Waals surface area contributed by atoms with E-state index in [1.165, 1.54) is 22.2 Å². The summed E-state index contributed by atoms with van der Waals surface area (Å²) in [5.41, 5.74) is 29.8. The largest absolute Gasteiger partial charge is 1.00 e. The molecule has 0 spiro atoms. The summed E-state index contributed by atoms with van der Waals surface area (Å²) in [7, 11) is 0. The number of H-pyrrole nitrogens is 2. The number of carbonyl (C=O) groups excluding carboxylic acids is 1. The summed E-state index contributed by atoms with van der Waals surface area (Å²) >= 11 is 20.6. The van der Waals surface area contributed by atoms with E-state index in [2.05, 4.69) is 177 Å². The van der Waals surface area contributed by atoms with E-state index in [9.17, 15) is 15.2 Å². The van der Waals surface area contributed by atoms with E-state index in [1.807, 2.05) is 152 Å². The third-order valence-corrected chi connectivity index (χ3v) is 23.3. The van der Waals surface area contributed by atoms with Gasteiger partial charge in [-0.3, -0.25) is 14.9 Å². The minimum absolute atomic E-state index is 0. The van der Waals surface area contributed by atoms with Crippen LogP contribution in [0.2, 0.25) is 0 Å². The van der Waals surface area contributed by atoms with Gasteiger partial charge in [-0.1, -0.05) is 43.3 Å². The number of hydrogen-bond donors (Lipinski definition) is 3. The molecule has 18 rings (SSSR count). The normalized spacial score (nSPS) is 10.3. The first-order valence-electron chi connectivity index (χ1n) is 35.3. The molecule has 18 aromatic heterocycles. The molecule has 0 aliphatic carbocycles. The Bertz CT molecular complexity index is 6460. The molecular weight excluding hydrogens is 1900 g/mol. The Hall–Kier alpha value is -13.0. The van der Waals surface area contributed by atoms with Crippen LogP contribution in [-0.4, -0.2) is 102 Å². The summed E-state index contributed by atoms with van der Waals surface area (Å²) in [4.78, 5) is 64.8. The number of thiophene rings is 4. The molecule has 592 valence electrons. The average Bonchev–Trinajstić information content (AvgIpc) is 1.31. The van der Waals surface area contributed by atoms with Gasteiger partial charge in [0.2, 0.25) is 23.0 Å². The molecule has 0 atom stereocenters. The molecule has 0 unspecified atom stereocenters. The summed E-state index contributed by atoms with van der Waals surface area (Å²) < 4.78 is 5.72. The molecule has 30 nitrogen and oxygen atoms in total. The Morgan fingerprint density at radius 1 is 0.418 bits per heavy atom. The van der Waals surface area contributed by atoms with Crippen LogP contribution in [0, 0.1) is 33.1 Å². The number of rotatable bonds is 15. The third kappa shape index (κ3) is 23.3. The number of pyridine rings is 12. The topological polar surface area (TPSA) is 445 Å². The zero-order chi connectivity index (χ0) is 84.6. The van der Waals surface area contributed by atoms with Crippen molar-refractivity contribution in [1.29, 1.82) is 10.5 Å². The zero-order valence-electron chi connectivity index (χ0n) is 63.1. The van der Waals surface area contributed by atoms with E-state index in [0.29, 0.717) is 103 Å². The Kier molecular flexibility index (Phi) is 31.3. The quantitative estimate of drug-likeness (QED) is 0.0125. The van der Waals surface area contributed by atoms with Gasteiger partial charge < -0.3 is 26.4 Å². The van der Waals surface area contributed by atoms with Gasteiger partial charge in [0, 0.05) is 62.6 Å². The van der Waals surface area contributed by atoms with Crippen LogP contribution < -0.4 is 39.0 Å². The van der Waals surface area contributed by atoms with Crippen molar-refractivity contribution in [2.24, 2.45) is 0 Å². The van der Waals surface area contributed by atoms with Gasteiger partial charge in [0.15, 0.2) is 12.4 Å². The van der Waals surface area contributed by atoms with Crippen LogP contribution in [0.25, 0.3) is 172 Å². The second-order valence-electron chi connectivity index (χ2n) is 24.4. The molecule has 0 radical (unpaired) electrons. The van der Waals surface area contributed by atoms with Crippen LogP contribution in [0.4, 0.5) is 0 Å². The van der Waals surface area contributed by atoms with Crippen LogP contribution >= 0.6 is 109 Å². The molecule has 122 heavy (non-hydrogen) atoms. The van der Waals surface area contributed by atoms with Gasteiger partial charge in [-0.05, 0) is 278 Å². The van der Waals surface area contributed by atoms with Crippen molar-refractivity contribution in [2.45, 2.75) is 13.3 Å². The predicted octanol–water partition coefficient (Wildman–Crippen LogP) is 17.6. The molecule has 0 saturated heterocycles. The Morgan fingerprint density at radius 3 is 0.992 bits per heavy atom. The van der Waals surface area contributed by atoms with Gasteiger partial charge in [0.05, 0.1) is 83.5 Å². The second-order valence-corrected chi connectivity index (χ2v) is 34.3. The number of nitriles is 2. The van der Waals surface area contributed by atoms with Gasteiger partial charge in [-0.2, -0.15) is 35.7 Å². The van der Waals surface area contributed by atoms with E-state index >= 15 is 0 Å². The number of nitrogens with one attached hydrogen (secondary N) is 2. The molecule has 0 amide bonds. The first-order chi connectivity index (χ1) is 59.0. The molecule has 0 fully saturated rings. The van der Waals surface area contributed by atoms with Crippen molar-refractivity contribution in [3.8, 4) is 168 Å². The molecule has 0 saturated carbocycles. The maximum absolute atomic E-state index is 12.2. The summed E-state index contributed by atoms with van der Waals surface area (Å²) in [5, 5.41) is 78.4. The minimum Gasteiger partial charge on any atom is -0.618 e. The smallest absolute Gasteiger partial charge is 0.618 e. The molecule has 0 aromatic carbocycles. The van der Waals surface area contributed by atoms with Crippen LogP contribution in [-0.2, 0) is 9.68 Å². The van der Waals surface area contributed by atoms with Crippen molar-refractivity contribution in [3.63, 3.8) is 0 Å². The van der Waals surface area contributed by atoms with Crippen molar-refractivity contribution >= 4 is 115 Å². The van der Waals surface area contributed by atoms with Crippen LogP contribution in [0.3, 0.4) is 0 Å². The summed E-state index contributed by atoms with van der Waals surface area (Å²) in [6, 6.07) is 79.9. The van der Waals surface area contributed by atoms with Gasteiger partial charge in [0.25, 0.3) is 0 Å². The Labute approximate surface area is 765 Å². The number of halogens is 4. The van der Waals surface area contributed by atoms with Crippen LogP contribution in [0.15, 0.2) is 283 Å². The summed E-state index contributed by atoms with van der Waals surface area (Å²) in [6.07, 6.45) is 6.65. The van der Waals surface area contributed by atoms with E-state index in [4.69, 9.17) is 51.8 Å². The van der Waals surface area contributed by atoms with Crippen LogP contribution in [0.1, 0.15) is 24.7 Å². The molecule has 39 heteroatoms. The molecule has 0 bridgehead atoms. The number of aromatic amines is 2. The summed E-state index contributed by atoms with van der Waals surface area (Å²) in [5.74, 6) is 0.222. The van der Waals surface area contributed by atoms with Crippen molar-refractivity contribution in [1.82, 2.24) is 91.1 Å².